The van der Waals surface area contributed by atoms with Crippen LogP contribution in [0.5, 0.6) is 0 Å². The predicted molar refractivity (Wildman–Crippen MR) is 74.2 cm³/mol. The summed E-state index contributed by atoms with van der Waals surface area (Å²) in [5, 5.41) is 10.8. The van der Waals surface area contributed by atoms with Gasteiger partial charge in [0.05, 0.1) is 10.5 Å². The highest BCUT2D eigenvalue weighted by Gasteiger charge is 2.34. The number of anilines is 1. The van der Waals surface area contributed by atoms with Crippen LogP contribution in [0, 0.1) is 16.0 Å². The van der Waals surface area contributed by atoms with E-state index in [1.165, 1.54) is 6.07 Å². The number of hydrogen-bond acceptors (Lipinski definition) is 5. The van der Waals surface area contributed by atoms with Gasteiger partial charge in [-0.05, 0) is 18.8 Å². The van der Waals surface area contributed by atoms with E-state index in [2.05, 4.69) is 4.98 Å². The van der Waals surface area contributed by atoms with E-state index in [4.69, 9.17) is 5.73 Å². The van der Waals surface area contributed by atoms with Crippen LogP contribution < -0.4 is 5.73 Å². The molecule has 0 atom stereocenters. The van der Waals surface area contributed by atoms with Gasteiger partial charge >= 0.3 is 0 Å². The molecule has 0 unspecified atom stereocenters. The van der Waals surface area contributed by atoms with E-state index in [0.717, 1.165) is 19.0 Å². The number of aromatic nitrogens is 1. The van der Waals surface area contributed by atoms with Crippen LogP contribution in [0.3, 0.4) is 0 Å². The van der Waals surface area contributed by atoms with Crippen molar-refractivity contribution in [2.45, 2.75) is 32.7 Å². The average Bonchev–Trinajstić information content (AvgIpc) is 3.19. The molecule has 0 saturated heterocycles. The van der Waals surface area contributed by atoms with E-state index < -0.39 is 4.92 Å². The molecule has 7 nitrogen and oxygen atoms in total. The molecular weight excluding hydrogens is 260 g/mol. The Morgan fingerprint density at radius 1 is 1.60 bits per heavy atom. The number of amides is 1. The van der Waals surface area contributed by atoms with Crippen molar-refractivity contribution in [3.05, 3.63) is 27.9 Å². The third kappa shape index (κ3) is 3.04. The van der Waals surface area contributed by atoms with Crippen LogP contribution in [0.25, 0.3) is 0 Å². The molecule has 1 saturated carbocycles. The minimum absolute atomic E-state index is 0.0370. The minimum atomic E-state index is -0.576. The first kappa shape index (κ1) is 14.2. The van der Waals surface area contributed by atoms with Gasteiger partial charge in [0.15, 0.2) is 0 Å². The molecule has 1 aromatic heterocycles. The highest BCUT2D eigenvalue weighted by atomic mass is 16.6. The molecule has 1 aliphatic rings. The molecule has 108 valence electrons. The number of pyridine rings is 1. The standard InChI is InChI=1S/C13H18N4O3/c1-8(2)7-16(9-3-4-9)13(18)11-5-10(17(19)20)6-15-12(11)14/h5-6,8-9H,3-4,7H2,1-2H3,(H2,14,15). The molecule has 1 aromatic rings. The number of nitrogens with zero attached hydrogens (tertiary/aromatic N) is 3. The maximum Gasteiger partial charge on any atom is 0.288 e. The fourth-order valence-corrected chi connectivity index (χ4v) is 2.07. The zero-order chi connectivity index (χ0) is 14.9. The van der Waals surface area contributed by atoms with Gasteiger partial charge in [0, 0.05) is 18.7 Å². The molecule has 2 N–H and O–H groups in total. The zero-order valence-electron chi connectivity index (χ0n) is 11.6. The van der Waals surface area contributed by atoms with Crippen molar-refractivity contribution in [3.8, 4) is 0 Å². The molecule has 0 spiro atoms. The number of carbonyl (C=O) groups excluding carboxylic acids is 1. The first-order valence-corrected chi connectivity index (χ1v) is 6.61. The summed E-state index contributed by atoms with van der Waals surface area (Å²) in [5.41, 5.74) is 5.60. The van der Waals surface area contributed by atoms with Crippen molar-refractivity contribution in [1.29, 1.82) is 0 Å². The number of nitrogens with two attached hydrogens (primary N) is 1. The summed E-state index contributed by atoms with van der Waals surface area (Å²) in [6, 6.07) is 1.43. The lowest BCUT2D eigenvalue weighted by atomic mass is 10.1. The fourth-order valence-electron chi connectivity index (χ4n) is 2.07. The second-order valence-corrected chi connectivity index (χ2v) is 5.47. The average molecular weight is 278 g/mol. The lowest BCUT2D eigenvalue weighted by molar-refractivity contribution is -0.385. The smallest absolute Gasteiger partial charge is 0.288 e. The van der Waals surface area contributed by atoms with Crippen LogP contribution in [0.4, 0.5) is 11.5 Å². The molecule has 1 aliphatic carbocycles. The second kappa shape index (κ2) is 5.44. The van der Waals surface area contributed by atoms with E-state index in [1.54, 1.807) is 4.90 Å². The van der Waals surface area contributed by atoms with Gasteiger partial charge in [0.2, 0.25) is 0 Å². The largest absolute Gasteiger partial charge is 0.383 e. The second-order valence-electron chi connectivity index (χ2n) is 5.47. The van der Waals surface area contributed by atoms with Crippen LogP contribution in [-0.4, -0.2) is 33.3 Å². The highest BCUT2D eigenvalue weighted by molar-refractivity contribution is 5.99. The summed E-state index contributed by atoms with van der Waals surface area (Å²) in [4.78, 5) is 28.2. The Balaban J connectivity index is 2.30. The monoisotopic (exact) mass is 278 g/mol. The lowest BCUT2D eigenvalue weighted by Crippen LogP contribution is -2.36. The van der Waals surface area contributed by atoms with Crippen molar-refractivity contribution in [1.82, 2.24) is 9.88 Å². The molecule has 0 aromatic carbocycles. The zero-order valence-corrected chi connectivity index (χ0v) is 11.6. The summed E-state index contributed by atoms with van der Waals surface area (Å²) in [5.74, 6) is 0.0948. The summed E-state index contributed by atoms with van der Waals surface area (Å²) < 4.78 is 0. The van der Waals surface area contributed by atoms with Gasteiger partial charge in [0.25, 0.3) is 11.6 Å². The van der Waals surface area contributed by atoms with E-state index in [0.29, 0.717) is 12.5 Å². The maximum absolute atomic E-state index is 12.5. The number of rotatable bonds is 5. The Morgan fingerprint density at radius 3 is 2.75 bits per heavy atom. The maximum atomic E-state index is 12.5. The Morgan fingerprint density at radius 2 is 2.25 bits per heavy atom. The fraction of sp³-hybridized carbons (Fsp3) is 0.538. The van der Waals surface area contributed by atoms with E-state index in [1.807, 2.05) is 13.8 Å². The predicted octanol–water partition coefficient (Wildman–Crippen LogP) is 1.83. The van der Waals surface area contributed by atoms with Crippen molar-refractivity contribution >= 4 is 17.4 Å². The van der Waals surface area contributed by atoms with Crippen LogP contribution >= 0.6 is 0 Å². The third-order valence-corrected chi connectivity index (χ3v) is 3.16. The van der Waals surface area contributed by atoms with Crippen LogP contribution in [-0.2, 0) is 0 Å². The lowest BCUT2D eigenvalue weighted by Gasteiger charge is -2.24. The summed E-state index contributed by atoms with van der Waals surface area (Å²) in [6.45, 7) is 4.67. The minimum Gasteiger partial charge on any atom is -0.383 e. The Bertz CT molecular complexity index is 540. The van der Waals surface area contributed by atoms with Gasteiger partial charge < -0.3 is 10.6 Å². The third-order valence-electron chi connectivity index (χ3n) is 3.16. The summed E-state index contributed by atoms with van der Waals surface area (Å²) >= 11 is 0. The molecule has 20 heavy (non-hydrogen) atoms. The van der Waals surface area contributed by atoms with Crippen LogP contribution in [0.15, 0.2) is 12.3 Å². The molecule has 1 heterocycles. The molecular formula is C13H18N4O3. The molecule has 1 fully saturated rings. The van der Waals surface area contributed by atoms with Crippen LogP contribution in [0.2, 0.25) is 0 Å². The van der Waals surface area contributed by atoms with Crippen LogP contribution in [0.1, 0.15) is 37.0 Å². The highest BCUT2D eigenvalue weighted by Crippen LogP contribution is 2.30. The van der Waals surface area contributed by atoms with Gasteiger partial charge in [-0.1, -0.05) is 13.8 Å². The van der Waals surface area contributed by atoms with Gasteiger partial charge in [0.1, 0.15) is 12.0 Å². The number of carbonyl (C=O) groups is 1. The van der Waals surface area contributed by atoms with Crippen molar-refractivity contribution in [2.24, 2.45) is 5.92 Å². The van der Waals surface area contributed by atoms with E-state index in [-0.39, 0.29) is 29.0 Å². The topological polar surface area (TPSA) is 102 Å². The Hall–Kier alpha value is -2.18. The Kier molecular flexibility index (Phi) is 3.87. The van der Waals surface area contributed by atoms with Gasteiger partial charge in [-0.2, -0.15) is 0 Å². The van der Waals surface area contributed by atoms with Gasteiger partial charge in [-0.3, -0.25) is 14.9 Å². The Labute approximate surface area is 116 Å². The quantitative estimate of drug-likeness (QED) is 0.653. The molecule has 2 rings (SSSR count). The number of nitro groups is 1. The normalized spacial score (nSPS) is 14.3. The number of nitrogen functional groups attached to an aromatic ring is 1. The molecule has 1 amide bonds. The van der Waals surface area contributed by atoms with Crippen molar-refractivity contribution < 1.29 is 9.72 Å². The van der Waals surface area contributed by atoms with Crippen molar-refractivity contribution in [3.63, 3.8) is 0 Å². The molecule has 0 bridgehead atoms. The molecule has 7 heteroatoms. The van der Waals surface area contributed by atoms with Crippen molar-refractivity contribution in [2.75, 3.05) is 12.3 Å². The summed E-state index contributed by atoms with van der Waals surface area (Å²) in [6.07, 6.45) is 3.01. The number of hydrogen-bond donors (Lipinski definition) is 1. The van der Waals surface area contributed by atoms with E-state index in [9.17, 15) is 14.9 Å². The molecule has 0 aliphatic heterocycles. The molecule has 0 radical (unpaired) electrons. The van der Waals surface area contributed by atoms with Gasteiger partial charge in [-0.15, -0.1) is 0 Å². The van der Waals surface area contributed by atoms with Gasteiger partial charge in [-0.25, -0.2) is 4.98 Å². The SMILES string of the molecule is CC(C)CN(C(=O)c1cc([N+](=O)[O-])cnc1N)C1CC1. The van der Waals surface area contributed by atoms with E-state index >= 15 is 0 Å². The first-order valence-electron chi connectivity index (χ1n) is 6.61. The first-order chi connectivity index (χ1) is 9.40. The summed E-state index contributed by atoms with van der Waals surface area (Å²) in [7, 11) is 0.